The predicted octanol–water partition coefficient (Wildman–Crippen LogP) is 8.04. The molecule has 0 unspecified atom stereocenters. The number of hydrogen-bond acceptors (Lipinski definition) is 4. The summed E-state index contributed by atoms with van der Waals surface area (Å²) in [5, 5.41) is 19.9. The van der Waals surface area contributed by atoms with Crippen molar-refractivity contribution in [2.75, 3.05) is 13.1 Å². The van der Waals surface area contributed by atoms with Crippen molar-refractivity contribution in [3.63, 3.8) is 0 Å². The third-order valence-electron chi connectivity index (χ3n) is 4.02. The Morgan fingerprint density at radius 3 is 1.92 bits per heavy atom. The predicted molar refractivity (Wildman–Crippen MR) is 107 cm³/mol. The number of azo groups is 2. The number of hydrogen-bond donors (Lipinski definition) is 0. The van der Waals surface area contributed by atoms with Crippen molar-refractivity contribution < 1.29 is 0 Å². The van der Waals surface area contributed by atoms with Gasteiger partial charge >= 0.3 is 0 Å². The molecule has 0 amide bonds. The van der Waals surface area contributed by atoms with Crippen molar-refractivity contribution in [3.05, 3.63) is 35.4 Å². The molecule has 0 saturated carbocycles. The van der Waals surface area contributed by atoms with Gasteiger partial charge in [0, 0.05) is 10.8 Å². The quantitative estimate of drug-likeness (QED) is 0.304. The summed E-state index contributed by atoms with van der Waals surface area (Å²) in [6, 6.07) is 9.85. The highest BCUT2D eigenvalue weighted by Gasteiger charge is 2.10. The Bertz CT molecular complexity index is 725. The molecule has 0 aromatic heterocycles. The van der Waals surface area contributed by atoms with Gasteiger partial charge in [-0.15, -0.1) is 0 Å². The van der Waals surface area contributed by atoms with E-state index in [9.17, 15) is 0 Å². The van der Waals surface area contributed by atoms with Crippen LogP contribution in [0.2, 0.25) is 5.02 Å². The minimum atomic E-state index is 0.625. The molecule has 0 saturated heterocycles. The van der Waals surface area contributed by atoms with E-state index in [4.69, 9.17) is 11.6 Å². The molecule has 0 atom stereocenters. The molecule has 0 fully saturated rings. The Balaban J connectivity index is 2.25. The first-order valence-corrected chi connectivity index (χ1v) is 9.62. The molecule has 2 rings (SSSR count). The third-order valence-corrected chi connectivity index (χ3v) is 4.42. The lowest BCUT2D eigenvalue weighted by Gasteiger charge is -2.06. The molecule has 25 heavy (non-hydrogen) atoms. The summed E-state index contributed by atoms with van der Waals surface area (Å²) in [7, 11) is 0. The van der Waals surface area contributed by atoms with Crippen molar-refractivity contribution in [2.24, 2.45) is 20.5 Å². The van der Waals surface area contributed by atoms with Gasteiger partial charge in [0.2, 0.25) is 0 Å². The molecule has 0 aliphatic heterocycles. The highest BCUT2D eigenvalue weighted by atomic mass is 35.5. The van der Waals surface area contributed by atoms with Crippen LogP contribution < -0.4 is 0 Å². The summed E-state index contributed by atoms with van der Waals surface area (Å²) in [5.74, 6) is 0. The highest BCUT2D eigenvalue weighted by molar-refractivity contribution is 6.38. The second-order valence-electron chi connectivity index (χ2n) is 6.12. The SMILES string of the molecule is CCCCCN=Nc1cc(N=NCCCCC)c2ccccc2c1Cl. The maximum absolute atomic E-state index is 6.53. The Morgan fingerprint density at radius 2 is 1.32 bits per heavy atom. The van der Waals surface area contributed by atoms with Gasteiger partial charge in [-0.05, 0) is 18.9 Å². The zero-order valence-electron chi connectivity index (χ0n) is 15.2. The first-order valence-electron chi connectivity index (χ1n) is 9.24. The van der Waals surface area contributed by atoms with Gasteiger partial charge in [0.15, 0.2) is 0 Å². The molecule has 0 heterocycles. The standard InChI is InChI=1S/C20H27ClN4/c1-3-5-9-13-22-24-18-15-19(25-23-14-10-6-4-2)20(21)17-12-8-7-11-16(17)18/h7-8,11-12,15H,3-6,9-10,13-14H2,1-2H3. The van der Waals surface area contributed by atoms with Crippen LogP contribution in [0.1, 0.15) is 52.4 Å². The monoisotopic (exact) mass is 358 g/mol. The molecular formula is C20H27ClN4. The van der Waals surface area contributed by atoms with Gasteiger partial charge in [0.1, 0.15) is 5.69 Å². The van der Waals surface area contributed by atoms with Crippen molar-refractivity contribution in [2.45, 2.75) is 52.4 Å². The van der Waals surface area contributed by atoms with Crippen LogP contribution in [0.4, 0.5) is 11.4 Å². The molecule has 0 spiro atoms. The second kappa shape index (κ2) is 10.9. The second-order valence-corrected chi connectivity index (χ2v) is 6.50. The van der Waals surface area contributed by atoms with Gasteiger partial charge in [0.05, 0.1) is 23.8 Å². The third kappa shape index (κ3) is 5.89. The molecule has 0 aliphatic carbocycles. The average Bonchev–Trinajstić information content (AvgIpc) is 2.64. The first-order chi connectivity index (χ1) is 12.3. The van der Waals surface area contributed by atoms with Gasteiger partial charge in [0.25, 0.3) is 0 Å². The van der Waals surface area contributed by atoms with Gasteiger partial charge in [-0.3, -0.25) is 0 Å². The van der Waals surface area contributed by atoms with E-state index in [0.717, 1.165) is 42.4 Å². The van der Waals surface area contributed by atoms with Crippen LogP contribution in [0.5, 0.6) is 0 Å². The zero-order chi connectivity index (χ0) is 17.9. The van der Waals surface area contributed by atoms with Crippen molar-refractivity contribution in [1.82, 2.24) is 0 Å². The van der Waals surface area contributed by atoms with E-state index < -0.39 is 0 Å². The van der Waals surface area contributed by atoms with Crippen LogP contribution in [-0.2, 0) is 0 Å². The fourth-order valence-electron chi connectivity index (χ4n) is 2.58. The Labute approximate surface area is 155 Å². The van der Waals surface area contributed by atoms with Crippen LogP contribution in [0, 0.1) is 0 Å². The topological polar surface area (TPSA) is 49.4 Å². The van der Waals surface area contributed by atoms with Gasteiger partial charge in [-0.1, -0.05) is 75.4 Å². The summed E-state index contributed by atoms with van der Waals surface area (Å²) in [6.45, 7) is 5.83. The van der Waals surface area contributed by atoms with E-state index in [1.165, 1.54) is 25.7 Å². The Hall–Kier alpha value is -1.81. The van der Waals surface area contributed by atoms with Gasteiger partial charge in [-0.25, -0.2) is 0 Å². The number of nitrogens with zero attached hydrogens (tertiary/aromatic N) is 4. The number of fused-ring (bicyclic) bond motifs is 1. The molecule has 2 aromatic rings. The molecule has 0 aliphatic rings. The average molecular weight is 359 g/mol. The number of unbranched alkanes of at least 4 members (excludes halogenated alkanes) is 4. The maximum Gasteiger partial charge on any atom is 0.107 e. The van der Waals surface area contributed by atoms with E-state index in [2.05, 4.69) is 34.3 Å². The molecule has 134 valence electrons. The summed E-state index contributed by atoms with van der Waals surface area (Å²) in [4.78, 5) is 0. The normalized spacial score (nSPS) is 12.0. The van der Waals surface area contributed by atoms with Crippen LogP contribution >= 0.6 is 11.6 Å². The minimum Gasteiger partial charge on any atom is -0.189 e. The molecule has 4 nitrogen and oxygen atoms in total. The van der Waals surface area contributed by atoms with Crippen LogP contribution in [-0.4, -0.2) is 13.1 Å². The zero-order valence-corrected chi connectivity index (χ0v) is 16.0. The molecule has 5 heteroatoms. The molecule has 2 aromatic carbocycles. The fraction of sp³-hybridized carbons (Fsp3) is 0.500. The summed E-state index contributed by atoms with van der Waals surface area (Å²) < 4.78 is 0. The molecular weight excluding hydrogens is 332 g/mol. The lowest BCUT2D eigenvalue weighted by Crippen LogP contribution is -1.81. The smallest absolute Gasteiger partial charge is 0.107 e. The Morgan fingerprint density at radius 1 is 0.760 bits per heavy atom. The highest BCUT2D eigenvalue weighted by Crippen LogP contribution is 2.39. The summed E-state index contributed by atoms with van der Waals surface area (Å²) in [5.41, 5.74) is 1.47. The van der Waals surface area contributed by atoms with E-state index in [-0.39, 0.29) is 0 Å². The van der Waals surface area contributed by atoms with E-state index in [1.807, 2.05) is 30.3 Å². The van der Waals surface area contributed by atoms with E-state index >= 15 is 0 Å². The van der Waals surface area contributed by atoms with Crippen molar-refractivity contribution in [1.29, 1.82) is 0 Å². The van der Waals surface area contributed by atoms with Gasteiger partial charge in [-0.2, -0.15) is 20.5 Å². The maximum atomic E-state index is 6.53. The minimum absolute atomic E-state index is 0.625. The Kier molecular flexibility index (Phi) is 8.53. The lowest BCUT2D eigenvalue weighted by molar-refractivity contribution is 0.712. The van der Waals surface area contributed by atoms with Crippen molar-refractivity contribution >= 4 is 33.7 Å². The summed E-state index contributed by atoms with van der Waals surface area (Å²) in [6.07, 6.45) is 6.82. The number of halogens is 1. The van der Waals surface area contributed by atoms with E-state index in [0.29, 0.717) is 10.7 Å². The molecule has 0 N–H and O–H groups in total. The van der Waals surface area contributed by atoms with Crippen LogP contribution in [0.25, 0.3) is 10.8 Å². The first kappa shape index (κ1) is 19.5. The van der Waals surface area contributed by atoms with E-state index in [1.54, 1.807) is 0 Å². The largest absolute Gasteiger partial charge is 0.189 e. The van der Waals surface area contributed by atoms with Crippen molar-refractivity contribution in [3.8, 4) is 0 Å². The fourth-order valence-corrected chi connectivity index (χ4v) is 2.84. The summed E-state index contributed by atoms with van der Waals surface area (Å²) >= 11 is 6.53. The molecule has 0 radical (unpaired) electrons. The lowest BCUT2D eigenvalue weighted by atomic mass is 10.1. The number of rotatable bonds is 10. The van der Waals surface area contributed by atoms with Crippen LogP contribution in [0.15, 0.2) is 50.8 Å². The van der Waals surface area contributed by atoms with Gasteiger partial charge < -0.3 is 0 Å². The molecule has 0 bridgehead atoms. The van der Waals surface area contributed by atoms with Crippen LogP contribution in [0.3, 0.4) is 0 Å². The number of benzene rings is 2.